The second kappa shape index (κ2) is 7.92. The number of hydrogen-bond acceptors (Lipinski definition) is 5. The molecular formula is C19H27N5O2. The molecule has 0 radical (unpaired) electrons. The van der Waals surface area contributed by atoms with Crippen LogP contribution in [0.1, 0.15) is 29.7 Å². The summed E-state index contributed by atoms with van der Waals surface area (Å²) >= 11 is 0. The Balaban J connectivity index is 1.64. The van der Waals surface area contributed by atoms with E-state index in [-0.39, 0.29) is 12.1 Å². The summed E-state index contributed by atoms with van der Waals surface area (Å²) in [6.45, 7) is 8.09. The minimum absolute atomic E-state index is 0.0917. The highest BCUT2D eigenvalue weighted by Gasteiger charge is 2.30. The first kappa shape index (κ1) is 18.5. The highest BCUT2D eigenvalue weighted by Crippen LogP contribution is 2.26. The Morgan fingerprint density at radius 3 is 2.54 bits per heavy atom. The number of morpholine rings is 1. The lowest BCUT2D eigenvalue weighted by atomic mass is 10.0. The number of hydrogen-bond donors (Lipinski definition) is 0. The molecule has 26 heavy (non-hydrogen) atoms. The second-order valence-electron chi connectivity index (χ2n) is 7.10. The fourth-order valence-corrected chi connectivity index (χ4v) is 3.78. The maximum atomic E-state index is 12.7. The molecule has 2 fully saturated rings. The lowest BCUT2D eigenvalue weighted by molar-refractivity contribution is 0.0409. The summed E-state index contributed by atoms with van der Waals surface area (Å²) in [5, 5.41) is 9.49. The van der Waals surface area contributed by atoms with Crippen molar-refractivity contribution in [3.63, 3.8) is 0 Å². The predicted molar refractivity (Wildman–Crippen MR) is 99.2 cm³/mol. The van der Waals surface area contributed by atoms with Crippen LogP contribution in [0, 0.1) is 25.2 Å². The first-order valence-corrected chi connectivity index (χ1v) is 9.24. The van der Waals surface area contributed by atoms with Crippen LogP contribution in [0.2, 0.25) is 0 Å². The zero-order chi connectivity index (χ0) is 18.7. The van der Waals surface area contributed by atoms with E-state index in [0.29, 0.717) is 31.9 Å². The summed E-state index contributed by atoms with van der Waals surface area (Å²) in [7, 11) is 1.90. The van der Waals surface area contributed by atoms with Gasteiger partial charge in [0.15, 0.2) is 0 Å². The number of aryl methyl sites for hydroxylation is 2. The molecule has 2 aliphatic heterocycles. The zero-order valence-electron chi connectivity index (χ0n) is 15.9. The SMILES string of the molecule is Cc1cc(C)c(C#N)c(N2CCC(N(C)C(=O)N3CCOCC3)CC2)n1. The molecular weight excluding hydrogens is 330 g/mol. The Bertz CT molecular complexity index is 701. The molecule has 3 heterocycles. The van der Waals surface area contributed by atoms with Gasteiger partial charge in [-0.3, -0.25) is 0 Å². The van der Waals surface area contributed by atoms with Crippen LogP contribution in [0.25, 0.3) is 0 Å². The Hall–Kier alpha value is -2.33. The third kappa shape index (κ3) is 3.75. The highest BCUT2D eigenvalue weighted by atomic mass is 16.5. The second-order valence-corrected chi connectivity index (χ2v) is 7.10. The van der Waals surface area contributed by atoms with Crippen molar-refractivity contribution in [3.8, 4) is 6.07 Å². The van der Waals surface area contributed by atoms with Gasteiger partial charge in [-0.2, -0.15) is 5.26 Å². The molecule has 0 aromatic carbocycles. The van der Waals surface area contributed by atoms with Crippen LogP contribution in [0.5, 0.6) is 0 Å². The number of nitriles is 1. The largest absolute Gasteiger partial charge is 0.378 e. The van der Waals surface area contributed by atoms with Crippen molar-refractivity contribution in [2.75, 3.05) is 51.3 Å². The number of nitrogens with zero attached hydrogens (tertiary/aromatic N) is 5. The fourth-order valence-electron chi connectivity index (χ4n) is 3.78. The number of piperidine rings is 1. The van der Waals surface area contributed by atoms with Gasteiger partial charge in [0.25, 0.3) is 0 Å². The number of ether oxygens (including phenoxy) is 1. The molecule has 140 valence electrons. The van der Waals surface area contributed by atoms with E-state index in [0.717, 1.165) is 43.0 Å². The Morgan fingerprint density at radius 2 is 1.92 bits per heavy atom. The summed E-state index contributed by atoms with van der Waals surface area (Å²) in [6, 6.07) is 4.56. The van der Waals surface area contributed by atoms with Gasteiger partial charge in [0.2, 0.25) is 0 Å². The molecule has 0 saturated carbocycles. The van der Waals surface area contributed by atoms with Crippen LogP contribution < -0.4 is 4.90 Å². The Labute approximate surface area is 155 Å². The van der Waals surface area contributed by atoms with Crippen LogP contribution in [0.3, 0.4) is 0 Å². The van der Waals surface area contributed by atoms with E-state index < -0.39 is 0 Å². The number of rotatable bonds is 2. The van der Waals surface area contributed by atoms with Gasteiger partial charge >= 0.3 is 6.03 Å². The van der Waals surface area contributed by atoms with Crippen LogP contribution in [-0.4, -0.2) is 73.3 Å². The highest BCUT2D eigenvalue weighted by molar-refractivity contribution is 5.74. The predicted octanol–water partition coefficient (Wildman–Crippen LogP) is 1.92. The maximum Gasteiger partial charge on any atom is 0.320 e. The third-order valence-electron chi connectivity index (χ3n) is 5.33. The normalized spacial score (nSPS) is 18.5. The number of carbonyl (C=O) groups excluding carboxylic acids is 1. The maximum absolute atomic E-state index is 12.7. The van der Waals surface area contributed by atoms with E-state index in [2.05, 4.69) is 16.0 Å². The number of amides is 2. The third-order valence-corrected chi connectivity index (χ3v) is 5.33. The van der Waals surface area contributed by atoms with Gasteiger partial charge in [-0.05, 0) is 38.3 Å². The van der Waals surface area contributed by atoms with E-state index in [1.165, 1.54) is 0 Å². The van der Waals surface area contributed by atoms with Crippen molar-refractivity contribution < 1.29 is 9.53 Å². The minimum atomic E-state index is 0.0917. The summed E-state index contributed by atoms with van der Waals surface area (Å²) in [5.41, 5.74) is 2.56. The number of aromatic nitrogens is 1. The minimum Gasteiger partial charge on any atom is -0.378 e. The first-order chi connectivity index (χ1) is 12.5. The average molecular weight is 357 g/mol. The van der Waals surface area contributed by atoms with Crippen LogP contribution in [-0.2, 0) is 4.74 Å². The molecule has 0 unspecified atom stereocenters. The molecule has 0 N–H and O–H groups in total. The van der Waals surface area contributed by atoms with Crippen LogP contribution in [0.15, 0.2) is 6.07 Å². The van der Waals surface area contributed by atoms with E-state index in [4.69, 9.17) is 4.74 Å². The van der Waals surface area contributed by atoms with Gasteiger partial charge < -0.3 is 19.4 Å². The van der Waals surface area contributed by atoms with Crippen molar-refractivity contribution >= 4 is 11.8 Å². The molecule has 2 aliphatic rings. The van der Waals surface area contributed by atoms with E-state index in [1.54, 1.807) is 0 Å². The van der Waals surface area contributed by atoms with Crippen molar-refractivity contribution in [1.82, 2.24) is 14.8 Å². The number of urea groups is 1. The summed E-state index contributed by atoms with van der Waals surface area (Å²) in [4.78, 5) is 23.2. The van der Waals surface area contributed by atoms with E-state index in [9.17, 15) is 10.1 Å². The molecule has 0 spiro atoms. The first-order valence-electron chi connectivity index (χ1n) is 9.24. The number of anilines is 1. The van der Waals surface area contributed by atoms with Gasteiger partial charge in [0, 0.05) is 45.0 Å². The Morgan fingerprint density at radius 1 is 1.27 bits per heavy atom. The van der Waals surface area contributed by atoms with Gasteiger partial charge in [-0.15, -0.1) is 0 Å². The molecule has 1 aromatic heterocycles. The van der Waals surface area contributed by atoms with E-state index in [1.807, 2.05) is 36.8 Å². The molecule has 2 saturated heterocycles. The molecule has 7 heteroatoms. The van der Waals surface area contributed by atoms with Gasteiger partial charge in [-0.1, -0.05) is 0 Å². The van der Waals surface area contributed by atoms with Crippen molar-refractivity contribution in [2.24, 2.45) is 0 Å². The average Bonchev–Trinajstić information content (AvgIpc) is 2.67. The van der Waals surface area contributed by atoms with Gasteiger partial charge in [0.05, 0.1) is 18.8 Å². The van der Waals surface area contributed by atoms with Crippen LogP contribution >= 0.6 is 0 Å². The van der Waals surface area contributed by atoms with E-state index >= 15 is 0 Å². The quantitative estimate of drug-likeness (QED) is 0.809. The number of carbonyl (C=O) groups is 1. The van der Waals surface area contributed by atoms with Gasteiger partial charge in [-0.25, -0.2) is 9.78 Å². The van der Waals surface area contributed by atoms with Crippen LogP contribution in [0.4, 0.5) is 10.6 Å². The topological polar surface area (TPSA) is 72.7 Å². The smallest absolute Gasteiger partial charge is 0.320 e. The molecule has 0 aliphatic carbocycles. The van der Waals surface area contributed by atoms with Gasteiger partial charge in [0.1, 0.15) is 11.9 Å². The van der Waals surface area contributed by atoms with Crippen molar-refractivity contribution in [2.45, 2.75) is 32.7 Å². The molecule has 0 bridgehead atoms. The molecule has 3 rings (SSSR count). The molecule has 1 aromatic rings. The standard InChI is InChI=1S/C19H27N5O2/c1-14-12-15(2)21-18(17(14)13-20)23-6-4-16(5-7-23)22(3)19(25)24-8-10-26-11-9-24/h12,16H,4-11H2,1-3H3. The molecule has 7 nitrogen and oxygen atoms in total. The Kier molecular flexibility index (Phi) is 5.62. The summed E-state index contributed by atoms with van der Waals surface area (Å²) in [6.07, 6.45) is 1.76. The summed E-state index contributed by atoms with van der Waals surface area (Å²) < 4.78 is 5.33. The lowest BCUT2D eigenvalue weighted by Gasteiger charge is -2.40. The lowest BCUT2D eigenvalue weighted by Crippen LogP contribution is -2.52. The summed E-state index contributed by atoms with van der Waals surface area (Å²) in [5.74, 6) is 0.783. The monoisotopic (exact) mass is 357 g/mol. The molecule has 2 amide bonds. The molecule has 0 atom stereocenters. The zero-order valence-corrected chi connectivity index (χ0v) is 15.9. The fraction of sp³-hybridized carbons (Fsp3) is 0.632. The van der Waals surface area contributed by atoms with Crippen molar-refractivity contribution in [1.29, 1.82) is 5.26 Å². The number of pyridine rings is 1. The van der Waals surface area contributed by atoms with Crippen molar-refractivity contribution in [3.05, 3.63) is 22.9 Å².